The normalized spacial score (nSPS) is 16.1. The number of amides is 1. The Hall–Kier alpha value is -2.33. The van der Waals surface area contributed by atoms with Crippen LogP contribution in [0, 0.1) is 12.7 Å². The number of nitrogens with zero attached hydrogens (tertiary/aromatic N) is 2. The lowest BCUT2D eigenvalue weighted by Gasteiger charge is -2.31. The van der Waals surface area contributed by atoms with Crippen LogP contribution in [0.1, 0.15) is 11.1 Å². The van der Waals surface area contributed by atoms with E-state index in [2.05, 4.69) is 10.5 Å². The number of aryl methyl sites for hydroxylation is 1. The summed E-state index contributed by atoms with van der Waals surface area (Å²) in [4.78, 5) is 13.3. The number of piperazine rings is 1. The summed E-state index contributed by atoms with van der Waals surface area (Å²) in [6.07, 6.45) is 1.16. The SMILES string of the molecule is Cc1ccc(S(=O)(=O)N2CC[NH+](CC(=O)N/N=C/c3c(F)cccc3Cl)CC2)cc1. The second-order valence-electron chi connectivity index (χ2n) is 7.07. The van der Waals surface area contributed by atoms with Gasteiger partial charge in [-0.15, -0.1) is 0 Å². The Morgan fingerprint density at radius 1 is 1.23 bits per heavy atom. The fourth-order valence-corrected chi connectivity index (χ4v) is 4.80. The first kappa shape index (κ1) is 22.4. The van der Waals surface area contributed by atoms with Crippen molar-refractivity contribution >= 4 is 33.7 Å². The second kappa shape index (κ2) is 9.65. The van der Waals surface area contributed by atoms with Crippen molar-refractivity contribution in [2.45, 2.75) is 11.8 Å². The maximum absolute atomic E-state index is 13.7. The number of carbonyl (C=O) groups excluding carboxylic acids is 1. The molecule has 1 fully saturated rings. The van der Waals surface area contributed by atoms with Gasteiger partial charge in [-0.25, -0.2) is 18.2 Å². The van der Waals surface area contributed by atoms with E-state index >= 15 is 0 Å². The molecular weight excluding hydrogens is 431 g/mol. The molecule has 0 spiro atoms. The molecule has 1 aliphatic rings. The summed E-state index contributed by atoms with van der Waals surface area (Å²) in [5, 5.41) is 3.96. The third-order valence-corrected chi connectivity index (χ3v) is 7.12. The van der Waals surface area contributed by atoms with Crippen molar-refractivity contribution in [3.05, 3.63) is 64.4 Å². The molecule has 10 heteroatoms. The number of carbonyl (C=O) groups is 1. The monoisotopic (exact) mass is 453 g/mol. The molecule has 0 atom stereocenters. The van der Waals surface area contributed by atoms with Crippen LogP contribution in [0.15, 0.2) is 52.5 Å². The van der Waals surface area contributed by atoms with Gasteiger partial charge in [-0.05, 0) is 31.2 Å². The molecular formula is C20H23ClFN4O3S+. The first-order valence-corrected chi connectivity index (χ1v) is 11.3. The van der Waals surface area contributed by atoms with Gasteiger partial charge in [-0.1, -0.05) is 35.4 Å². The van der Waals surface area contributed by atoms with E-state index in [0.717, 1.165) is 16.7 Å². The number of halogens is 2. The van der Waals surface area contributed by atoms with Crippen LogP contribution in [-0.2, 0) is 14.8 Å². The van der Waals surface area contributed by atoms with Crippen molar-refractivity contribution in [1.29, 1.82) is 0 Å². The first-order chi connectivity index (χ1) is 14.3. The van der Waals surface area contributed by atoms with Gasteiger partial charge in [0.15, 0.2) is 6.54 Å². The molecule has 0 saturated carbocycles. The van der Waals surface area contributed by atoms with Crippen LogP contribution >= 0.6 is 11.6 Å². The fraction of sp³-hybridized carbons (Fsp3) is 0.300. The van der Waals surface area contributed by atoms with Gasteiger partial charge >= 0.3 is 0 Å². The third kappa shape index (κ3) is 5.42. The minimum absolute atomic E-state index is 0.0988. The maximum atomic E-state index is 13.7. The predicted molar refractivity (Wildman–Crippen MR) is 113 cm³/mol. The Morgan fingerprint density at radius 2 is 1.90 bits per heavy atom. The lowest BCUT2D eigenvalue weighted by Crippen LogP contribution is -3.15. The largest absolute Gasteiger partial charge is 0.325 e. The highest BCUT2D eigenvalue weighted by molar-refractivity contribution is 7.89. The van der Waals surface area contributed by atoms with Crippen LogP contribution in [0.25, 0.3) is 0 Å². The Kier molecular flexibility index (Phi) is 7.19. The van der Waals surface area contributed by atoms with Crippen LogP contribution in [0.3, 0.4) is 0 Å². The minimum Gasteiger partial charge on any atom is -0.325 e. The first-order valence-electron chi connectivity index (χ1n) is 9.43. The summed E-state index contributed by atoms with van der Waals surface area (Å²) in [6, 6.07) is 11.0. The molecule has 0 unspecified atom stereocenters. The van der Waals surface area contributed by atoms with Crippen molar-refractivity contribution < 1.29 is 22.5 Å². The Labute approximate surface area is 180 Å². The number of hydrogen-bond acceptors (Lipinski definition) is 4. The topological polar surface area (TPSA) is 83.3 Å². The number of nitrogens with one attached hydrogen (secondary N) is 2. The Balaban J connectivity index is 1.50. The van der Waals surface area contributed by atoms with Gasteiger partial charge < -0.3 is 4.90 Å². The molecule has 0 aliphatic carbocycles. The van der Waals surface area contributed by atoms with Crippen LogP contribution in [0.5, 0.6) is 0 Å². The molecule has 30 heavy (non-hydrogen) atoms. The molecule has 0 radical (unpaired) electrons. The van der Waals surface area contributed by atoms with E-state index < -0.39 is 15.8 Å². The number of hydrazone groups is 1. The van der Waals surface area contributed by atoms with E-state index in [1.807, 2.05) is 6.92 Å². The van der Waals surface area contributed by atoms with Crippen LogP contribution in [0.4, 0.5) is 4.39 Å². The minimum atomic E-state index is -3.54. The summed E-state index contributed by atoms with van der Waals surface area (Å²) in [6.45, 7) is 3.70. The van der Waals surface area contributed by atoms with Gasteiger partial charge in [0.2, 0.25) is 10.0 Å². The van der Waals surface area contributed by atoms with Gasteiger partial charge in [0.25, 0.3) is 5.91 Å². The fourth-order valence-electron chi connectivity index (χ4n) is 3.15. The highest BCUT2D eigenvalue weighted by atomic mass is 35.5. The molecule has 160 valence electrons. The van der Waals surface area contributed by atoms with E-state index in [4.69, 9.17) is 11.6 Å². The van der Waals surface area contributed by atoms with E-state index in [-0.39, 0.29) is 27.9 Å². The number of hydrogen-bond donors (Lipinski definition) is 2. The van der Waals surface area contributed by atoms with Crippen molar-refractivity contribution in [2.24, 2.45) is 5.10 Å². The van der Waals surface area contributed by atoms with E-state index in [1.54, 1.807) is 24.3 Å². The van der Waals surface area contributed by atoms with Crippen molar-refractivity contribution in [3.8, 4) is 0 Å². The Bertz CT molecular complexity index is 1020. The van der Waals surface area contributed by atoms with Gasteiger partial charge in [-0.2, -0.15) is 9.41 Å². The summed E-state index contributed by atoms with van der Waals surface area (Å²) >= 11 is 5.90. The van der Waals surface area contributed by atoms with Gasteiger partial charge in [0.1, 0.15) is 5.82 Å². The molecule has 2 aromatic carbocycles. The van der Waals surface area contributed by atoms with E-state index in [1.165, 1.54) is 22.5 Å². The molecule has 3 rings (SSSR count). The van der Waals surface area contributed by atoms with Gasteiger partial charge in [-0.3, -0.25) is 4.79 Å². The van der Waals surface area contributed by atoms with Gasteiger partial charge in [0, 0.05) is 5.56 Å². The number of benzene rings is 2. The average Bonchev–Trinajstić information content (AvgIpc) is 2.71. The summed E-state index contributed by atoms with van der Waals surface area (Å²) < 4.78 is 40.6. The van der Waals surface area contributed by atoms with Crippen LogP contribution < -0.4 is 10.3 Å². The van der Waals surface area contributed by atoms with Crippen molar-refractivity contribution in [2.75, 3.05) is 32.7 Å². The van der Waals surface area contributed by atoms with Gasteiger partial charge in [0.05, 0.1) is 42.3 Å². The maximum Gasteiger partial charge on any atom is 0.295 e. The van der Waals surface area contributed by atoms with Crippen molar-refractivity contribution in [1.82, 2.24) is 9.73 Å². The van der Waals surface area contributed by atoms with Crippen molar-refractivity contribution in [3.63, 3.8) is 0 Å². The highest BCUT2D eigenvalue weighted by Gasteiger charge is 2.31. The summed E-state index contributed by atoms with van der Waals surface area (Å²) in [7, 11) is -3.54. The lowest BCUT2D eigenvalue weighted by molar-refractivity contribution is -0.895. The lowest BCUT2D eigenvalue weighted by atomic mass is 10.2. The molecule has 7 nitrogen and oxygen atoms in total. The quantitative estimate of drug-likeness (QED) is 0.502. The molecule has 0 bridgehead atoms. The number of rotatable bonds is 6. The second-order valence-corrected chi connectivity index (χ2v) is 9.42. The highest BCUT2D eigenvalue weighted by Crippen LogP contribution is 2.17. The Morgan fingerprint density at radius 3 is 2.53 bits per heavy atom. The smallest absolute Gasteiger partial charge is 0.295 e. The molecule has 1 heterocycles. The number of quaternary nitrogens is 1. The molecule has 1 saturated heterocycles. The average molecular weight is 454 g/mol. The van der Waals surface area contributed by atoms with Crippen LogP contribution in [0.2, 0.25) is 5.02 Å². The molecule has 0 aromatic heterocycles. The summed E-state index contributed by atoms with van der Waals surface area (Å²) in [5.41, 5.74) is 3.45. The predicted octanol–water partition coefficient (Wildman–Crippen LogP) is 0.827. The molecule has 2 N–H and O–H groups in total. The zero-order valence-corrected chi connectivity index (χ0v) is 18.0. The third-order valence-electron chi connectivity index (χ3n) is 4.88. The van der Waals surface area contributed by atoms with E-state index in [0.29, 0.717) is 26.2 Å². The van der Waals surface area contributed by atoms with E-state index in [9.17, 15) is 17.6 Å². The summed E-state index contributed by atoms with van der Waals surface area (Å²) in [5.74, 6) is -0.874. The molecule has 1 aliphatic heterocycles. The zero-order valence-electron chi connectivity index (χ0n) is 16.4. The number of sulfonamides is 1. The van der Waals surface area contributed by atoms with Crippen LogP contribution in [-0.4, -0.2) is 57.6 Å². The molecule has 1 amide bonds. The molecule has 2 aromatic rings. The zero-order chi connectivity index (χ0) is 21.7. The standard InChI is InChI=1S/C20H22ClFN4O3S/c1-15-5-7-16(8-6-15)30(28,29)26-11-9-25(10-12-26)14-20(27)24-23-13-17-18(21)3-2-4-19(17)22/h2-8,13H,9-12,14H2,1H3,(H,24,27)/p+1/b23-13+.